The Morgan fingerprint density at radius 1 is 0.763 bits per heavy atom. The molecule has 0 saturated heterocycles. The van der Waals surface area contributed by atoms with E-state index in [2.05, 4.69) is 16.0 Å². The summed E-state index contributed by atoms with van der Waals surface area (Å²) >= 11 is 12.2. The number of nitrogens with one attached hydrogen (secondary N) is 1. The van der Waals surface area contributed by atoms with Crippen molar-refractivity contribution in [2.75, 3.05) is 5.32 Å². The van der Waals surface area contributed by atoms with Gasteiger partial charge in [0.25, 0.3) is 5.91 Å². The van der Waals surface area contributed by atoms with Crippen molar-refractivity contribution >= 4 is 40.9 Å². The van der Waals surface area contributed by atoms with Gasteiger partial charge in [-0.1, -0.05) is 83.9 Å². The van der Waals surface area contributed by atoms with E-state index in [4.69, 9.17) is 23.2 Å². The van der Waals surface area contributed by atoms with E-state index in [9.17, 15) is 10.1 Å². The fraction of sp³-hybridized carbons (Fsp3) is 0. The second-order valence-corrected chi connectivity index (χ2v) is 9.38. The van der Waals surface area contributed by atoms with E-state index < -0.39 is 5.91 Å². The molecule has 1 heterocycles. The fourth-order valence-electron chi connectivity index (χ4n) is 4.25. The molecule has 1 N–H and O–H groups in total. The lowest BCUT2D eigenvalue weighted by molar-refractivity contribution is -0.112. The SMILES string of the molecule is N#C/C(=C\c1cc(-c2ccccc2)n(-c2ccc(Cl)cc2)c1-c1ccccc1)C(=O)Nc1ccc(Cl)cc1. The predicted octanol–water partition coefficient (Wildman–Crippen LogP) is 8.66. The van der Waals surface area contributed by atoms with Gasteiger partial charge in [0, 0.05) is 27.0 Å². The van der Waals surface area contributed by atoms with Crippen molar-refractivity contribution in [1.29, 1.82) is 5.26 Å². The zero-order valence-electron chi connectivity index (χ0n) is 20.1. The summed E-state index contributed by atoms with van der Waals surface area (Å²) in [7, 11) is 0. The molecule has 38 heavy (non-hydrogen) atoms. The number of nitrogens with zero attached hydrogens (tertiary/aromatic N) is 2. The van der Waals surface area contributed by atoms with Crippen LogP contribution in [0.25, 0.3) is 34.3 Å². The zero-order valence-corrected chi connectivity index (χ0v) is 21.6. The largest absolute Gasteiger partial charge is 0.321 e. The normalized spacial score (nSPS) is 11.1. The van der Waals surface area contributed by atoms with Gasteiger partial charge in [-0.05, 0) is 71.8 Å². The summed E-state index contributed by atoms with van der Waals surface area (Å²) in [6, 6.07) is 38.3. The first-order valence-electron chi connectivity index (χ1n) is 11.8. The smallest absolute Gasteiger partial charge is 0.266 e. The number of anilines is 1. The Morgan fingerprint density at radius 3 is 1.89 bits per heavy atom. The fourth-order valence-corrected chi connectivity index (χ4v) is 4.50. The lowest BCUT2D eigenvalue weighted by atomic mass is 10.0. The summed E-state index contributed by atoms with van der Waals surface area (Å²) in [5.74, 6) is -0.505. The predicted molar refractivity (Wildman–Crippen MR) is 155 cm³/mol. The minimum atomic E-state index is -0.505. The maximum absolute atomic E-state index is 13.1. The molecule has 0 unspecified atom stereocenters. The van der Waals surface area contributed by atoms with Crippen molar-refractivity contribution in [2.24, 2.45) is 0 Å². The van der Waals surface area contributed by atoms with Gasteiger partial charge in [-0.25, -0.2) is 0 Å². The topological polar surface area (TPSA) is 57.8 Å². The average Bonchev–Trinajstić information content (AvgIpc) is 3.33. The van der Waals surface area contributed by atoms with Crippen LogP contribution in [0.2, 0.25) is 10.0 Å². The van der Waals surface area contributed by atoms with Crippen molar-refractivity contribution in [3.05, 3.63) is 136 Å². The number of aromatic nitrogens is 1. The molecule has 0 fully saturated rings. The van der Waals surface area contributed by atoms with Gasteiger partial charge in [-0.15, -0.1) is 0 Å². The molecule has 0 saturated carbocycles. The Bertz CT molecular complexity index is 1650. The zero-order chi connectivity index (χ0) is 26.5. The number of benzene rings is 4. The summed E-state index contributed by atoms with van der Waals surface area (Å²) in [5, 5.41) is 13.9. The molecular weight excluding hydrogens is 513 g/mol. The van der Waals surface area contributed by atoms with Crippen molar-refractivity contribution in [1.82, 2.24) is 4.57 Å². The maximum Gasteiger partial charge on any atom is 0.266 e. The Labute approximate surface area is 231 Å². The van der Waals surface area contributed by atoms with Gasteiger partial charge in [0.05, 0.1) is 11.4 Å². The number of rotatable bonds is 6. The lowest BCUT2D eigenvalue weighted by Gasteiger charge is -2.15. The van der Waals surface area contributed by atoms with E-state index in [1.54, 1.807) is 30.3 Å². The van der Waals surface area contributed by atoms with E-state index in [1.807, 2.05) is 91.0 Å². The quantitative estimate of drug-likeness (QED) is 0.175. The molecule has 184 valence electrons. The molecule has 0 radical (unpaired) electrons. The molecule has 0 aliphatic carbocycles. The molecule has 0 atom stereocenters. The second kappa shape index (κ2) is 11.2. The number of amides is 1. The number of nitriles is 1. The standard InChI is InChI=1S/C32H21Cl2N3O/c33-26-11-15-28(16-12-26)36-32(38)25(21-35)19-24-20-30(22-7-3-1-4-8-22)37(29-17-13-27(34)14-18-29)31(24)23-9-5-2-6-10-23/h1-20H,(H,36,38)/b25-19+. The van der Waals surface area contributed by atoms with Gasteiger partial charge in [0.15, 0.2) is 0 Å². The molecule has 0 spiro atoms. The van der Waals surface area contributed by atoms with Crippen LogP contribution in [0.5, 0.6) is 0 Å². The summed E-state index contributed by atoms with van der Waals surface area (Å²) in [6.07, 6.45) is 1.63. The third kappa shape index (κ3) is 5.40. The molecule has 0 aliphatic rings. The number of hydrogen-bond acceptors (Lipinski definition) is 2. The molecule has 0 bridgehead atoms. The van der Waals surface area contributed by atoms with Crippen LogP contribution in [0, 0.1) is 11.3 Å². The summed E-state index contributed by atoms with van der Waals surface area (Å²) < 4.78 is 2.12. The van der Waals surface area contributed by atoms with E-state index in [0.29, 0.717) is 15.7 Å². The third-order valence-electron chi connectivity index (χ3n) is 6.00. The van der Waals surface area contributed by atoms with Crippen LogP contribution in [0.1, 0.15) is 5.56 Å². The van der Waals surface area contributed by atoms with Crippen LogP contribution >= 0.6 is 23.2 Å². The highest BCUT2D eigenvalue weighted by molar-refractivity contribution is 6.31. The molecular formula is C32H21Cl2N3O. The Hall–Kier alpha value is -4.56. The monoisotopic (exact) mass is 533 g/mol. The molecule has 0 aliphatic heterocycles. The van der Waals surface area contributed by atoms with Crippen LogP contribution in [-0.4, -0.2) is 10.5 Å². The minimum absolute atomic E-state index is 0.0231. The van der Waals surface area contributed by atoms with Crippen LogP contribution < -0.4 is 5.32 Å². The van der Waals surface area contributed by atoms with Crippen LogP contribution in [-0.2, 0) is 4.79 Å². The molecule has 6 heteroatoms. The summed E-state index contributed by atoms with van der Waals surface area (Å²) in [5.41, 5.74) is 5.84. The van der Waals surface area contributed by atoms with Crippen molar-refractivity contribution < 1.29 is 4.79 Å². The molecule has 4 aromatic carbocycles. The number of hydrogen-bond donors (Lipinski definition) is 1. The highest BCUT2D eigenvalue weighted by Crippen LogP contribution is 2.37. The minimum Gasteiger partial charge on any atom is -0.321 e. The molecule has 5 aromatic rings. The summed E-state index contributed by atoms with van der Waals surface area (Å²) in [6.45, 7) is 0. The van der Waals surface area contributed by atoms with Crippen LogP contribution in [0.3, 0.4) is 0 Å². The molecule has 4 nitrogen and oxygen atoms in total. The van der Waals surface area contributed by atoms with Gasteiger partial charge in [-0.3, -0.25) is 4.79 Å². The molecule has 1 aromatic heterocycles. The van der Waals surface area contributed by atoms with Gasteiger partial charge in [0.2, 0.25) is 0 Å². The summed E-state index contributed by atoms with van der Waals surface area (Å²) in [4.78, 5) is 13.1. The van der Waals surface area contributed by atoms with Gasteiger partial charge in [-0.2, -0.15) is 5.26 Å². The van der Waals surface area contributed by atoms with Crippen molar-refractivity contribution in [3.8, 4) is 34.3 Å². The van der Waals surface area contributed by atoms with E-state index in [0.717, 1.165) is 33.8 Å². The van der Waals surface area contributed by atoms with Crippen molar-refractivity contribution in [3.63, 3.8) is 0 Å². The number of carbonyl (C=O) groups excluding carboxylic acids is 1. The van der Waals surface area contributed by atoms with Gasteiger partial charge in [0.1, 0.15) is 11.6 Å². The first-order valence-corrected chi connectivity index (χ1v) is 12.6. The average molecular weight is 534 g/mol. The maximum atomic E-state index is 13.1. The Balaban J connectivity index is 1.71. The lowest BCUT2D eigenvalue weighted by Crippen LogP contribution is -2.13. The highest BCUT2D eigenvalue weighted by Gasteiger charge is 2.20. The van der Waals surface area contributed by atoms with Gasteiger partial charge >= 0.3 is 0 Å². The number of halogens is 2. The molecule has 5 rings (SSSR count). The number of carbonyl (C=O) groups is 1. The van der Waals surface area contributed by atoms with E-state index in [1.165, 1.54) is 0 Å². The van der Waals surface area contributed by atoms with Gasteiger partial charge < -0.3 is 9.88 Å². The first-order chi connectivity index (χ1) is 18.5. The Morgan fingerprint density at radius 2 is 1.32 bits per heavy atom. The Kier molecular flexibility index (Phi) is 7.42. The second-order valence-electron chi connectivity index (χ2n) is 8.51. The van der Waals surface area contributed by atoms with Crippen LogP contribution in [0.4, 0.5) is 5.69 Å². The van der Waals surface area contributed by atoms with Crippen LogP contribution in [0.15, 0.2) is 121 Å². The highest BCUT2D eigenvalue weighted by atomic mass is 35.5. The molecule has 1 amide bonds. The van der Waals surface area contributed by atoms with E-state index >= 15 is 0 Å². The van der Waals surface area contributed by atoms with E-state index in [-0.39, 0.29) is 5.57 Å². The van der Waals surface area contributed by atoms with Crippen molar-refractivity contribution in [2.45, 2.75) is 0 Å². The third-order valence-corrected chi connectivity index (χ3v) is 6.50. The first kappa shape index (κ1) is 25.1.